The molecular weight excluding hydrogens is 353 g/mol. The van der Waals surface area contributed by atoms with E-state index in [-0.39, 0.29) is 43.4 Å². The van der Waals surface area contributed by atoms with Gasteiger partial charge in [-0.15, -0.1) is 24.8 Å². The number of hydrogen-bond donors (Lipinski definition) is 2. The molecular formula is C16H27Cl2N3O3. The summed E-state index contributed by atoms with van der Waals surface area (Å²) in [7, 11) is 1.53. The van der Waals surface area contributed by atoms with Crippen molar-refractivity contribution >= 4 is 30.7 Å². The second-order valence-electron chi connectivity index (χ2n) is 5.52. The Morgan fingerprint density at radius 1 is 1.42 bits per heavy atom. The molecule has 0 aromatic heterocycles. The van der Waals surface area contributed by atoms with Gasteiger partial charge in [0.1, 0.15) is 6.04 Å². The van der Waals surface area contributed by atoms with Crippen molar-refractivity contribution in [2.24, 2.45) is 5.73 Å². The van der Waals surface area contributed by atoms with Crippen LogP contribution in [0.15, 0.2) is 30.3 Å². The van der Waals surface area contributed by atoms with Crippen LogP contribution in [-0.4, -0.2) is 62.9 Å². The number of halogens is 2. The summed E-state index contributed by atoms with van der Waals surface area (Å²) in [6.45, 7) is 3.98. The van der Waals surface area contributed by atoms with Gasteiger partial charge in [-0.25, -0.2) is 0 Å². The molecule has 138 valence electrons. The molecule has 0 spiro atoms. The minimum atomic E-state index is -0.631. The average Bonchev–Trinajstić information content (AvgIpc) is 2.54. The van der Waals surface area contributed by atoms with Gasteiger partial charge >= 0.3 is 0 Å². The Hall–Kier alpha value is -0.890. The van der Waals surface area contributed by atoms with E-state index in [9.17, 15) is 4.79 Å². The zero-order valence-electron chi connectivity index (χ0n) is 13.8. The molecule has 1 aromatic rings. The van der Waals surface area contributed by atoms with Crippen molar-refractivity contribution in [1.29, 1.82) is 0 Å². The molecule has 0 aliphatic carbocycles. The van der Waals surface area contributed by atoms with Crippen molar-refractivity contribution in [2.45, 2.75) is 18.7 Å². The van der Waals surface area contributed by atoms with Gasteiger partial charge in [-0.1, -0.05) is 30.3 Å². The van der Waals surface area contributed by atoms with Gasteiger partial charge in [-0.05, 0) is 5.56 Å². The maximum absolute atomic E-state index is 11.8. The van der Waals surface area contributed by atoms with Crippen LogP contribution in [0.1, 0.15) is 5.56 Å². The third kappa shape index (κ3) is 7.79. The summed E-state index contributed by atoms with van der Waals surface area (Å²) in [4.78, 5) is 14.1. The molecule has 6 nitrogen and oxygen atoms in total. The lowest BCUT2D eigenvalue weighted by molar-refractivity contribution is -0.124. The smallest absolute Gasteiger partial charge is 0.239 e. The molecule has 2 atom stereocenters. The predicted molar refractivity (Wildman–Crippen MR) is 98.8 cm³/mol. The number of nitrogens with zero attached hydrogens (tertiary/aromatic N) is 1. The molecule has 0 bridgehead atoms. The normalized spacial score (nSPS) is 18.8. The largest absolute Gasteiger partial charge is 0.383 e. The summed E-state index contributed by atoms with van der Waals surface area (Å²) >= 11 is 0. The lowest BCUT2D eigenvalue weighted by Gasteiger charge is -2.33. The summed E-state index contributed by atoms with van der Waals surface area (Å²) in [5.41, 5.74) is 6.97. The highest BCUT2D eigenvalue weighted by Crippen LogP contribution is 2.10. The Balaban J connectivity index is 0.00000264. The Morgan fingerprint density at radius 3 is 2.79 bits per heavy atom. The molecule has 1 aliphatic heterocycles. The van der Waals surface area contributed by atoms with Crippen molar-refractivity contribution in [3.63, 3.8) is 0 Å². The Bertz CT molecular complexity index is 465. The number of morpholine rings is 1. The van der Waals surface area contributed by atoms with Gasteiger partial charge in [-0.2, -0.15) is 0 Å². The van der Waals surface area contributed by atoms with Crippen LogP contribution >= 0.6 is 24.8 Å². The molecule has 8 heteroatoms. The Kier molecular flexibility index (Phi) is 12.0. The summed E-state index contributed by atoms with van der Waals surface area (Å²) < 4.78 is 10.6. The van der Waals surface area contributed by atoms with E-state index in [0.29, 0.717) is 13.2 Å². The van der Waals surface area contributed by atoms with Crippen molar-refractivity contribution in [3.8, 4) is 0 Å². The fourth-order valence-electron chi connectivity index (χ4n) is 2.49. The van der Waals surface area contributed by atoms with E-state index in [0.717, 1.165) is 19.6 Å². The zero-order chi connectivity index (χ0) is 15.8. The lowest BCUT2D eigenvalue weighted by Crippen LogP contribution is -2.50. The van der Waals surface area contributed by atoms with Crippen LogP contribution in [0.4, 0.5) is 0 Å². The van der Waals surface area contributed by atoms with E-state index in [1.165, 1.54) is 12.7 Å². The number of amides is 1. The SMILES string of the molecule is COCC(N)C(=O)NCC1CN(Cc2ccccc2)CCO1.Cl.Cl. The van der Waals surface area contributed by atoms with Crippen LogP contribution in [-0.2, 0) is 20.8 Å². The molecule has 24 heavy (non-hydrogen) atoms. The minimum Gasteiger partial charge on any atom is -0.383 e. The number of methoxy groups -OCH3 is 1. The molecule has 1 amide bonds. The first-order valence-electron chi connectivity index (χ1n) is 7.59. The highest BCUT2D eigenvalue weighted by atomic mass is 35.5. The summed E-state index contributed by atoms with van der Waals surface area (Å²) in [6, 6.07) is 9.72. The topological polar surface area (TPSA) is 76.8 Å². The van der Waals surface area contributed by atoms with E-state index in [4.69, 9.17) is 15.2 Å². The second kappa shape index (κ2) is 12.5. The molecule has 1 aliphatic rings. The number of nitrogens with one attached hydrogen (secondary N) is 1. The molecule has 0 radical (unpaired) electrons. The summed E-state index contributed by atoms with van der Waals surface area (Å²) in [5.74, 6) is -0.203. The Morgan fingerprint density at radius 2 is 2.12 bits per heavy atom. The number of nitrogens with two attached hydrogens (primary N) is 1. The van der Waals surface area contributed by atoms with Gasteiger partial charge in [-0.3, -0.25) is 9.69 Å². The molecule has 0 saturated carbocycles. The maximum atomic E-state index is 11.8. The molecule has 2 rings (SSSR count). The predicted octanol–water partition coefficient (Wildman–Crippen LogP) is 0.821. The van der Waals surface area contributed by atoms with Gasteiger partial charge in [0.05, 0.1) is 19.3 Å². The molecule has 1 fully saturated rings. The van der Waals surface area contributed by atoms with E-state index in [1.807, 2.05) is 18.2 Å². The van der Waals surface area contributed by atoms with E-state index in [1.54, 1.807) is 0 Å². The highest BCUT2D eigenvalue weighted by molar-refractivity contribution is 5.85. The number of carbonyl (C=O) groups is 1. The lowest BCUT2D eigenvalue weighted by atomic mass is 10.2. The molecule has 1 saturated heterocycles. The van der Waals surface area contributed by atoms with Crippen molar-refractivity contribution < 1.29 is 14.3 Å². The number of carbonyl (C=O) groups excluding carboxylic acids is 1. The highest BCUT2D eigenvalue weighted by Gasteiger charge is 2.22. The van der Waals surface area contributed by atoms with Gasteiger partial charge < -0.3 is 20.5 Å². The van der Waals surface area contributed by atoms with Gasteiger partial charge in [0, 0.05) is 33.3 Å². The van der Waals surface area contributed by atoms with Gasteiger partial charge in [0.2, 0.25) is 5.91 Å². The zero-order valence-corrected chi connectivity index (χ0v) is 15.5. The van der Waals surface area contributed by atoms with Crippen LogP contribution in [0.5, 0.6) is 0 Å². The Labute approximate surface area is 155 Å². The van der Waals surface area contributed by atoms with E-state index >= 15 is 0 Å². The van der Waals surface area contributed by atoms with Crippen molar-refractivity contribution in [1.82, 2.24) is 10.2 Å². The third-order valence-corrected chi connectivity index (χ3v) is 3.66. The number of rotatable bonds is 7. The van der Waals surface area contributed by atoms with Crippen LogP contribution in [0.25, 0.3) is 0 Å². The fourth-order valence-corrected chi connectivity index (χ4v) is 2.49. The average molecular weight is 380 g/mol. The molecule has 3 N–H and O–H groups in total. The fraction of sp³-hybridized carbons (Fsp3) is 0.562. The molecule has 2 unspecified atom stereocenters. The summed E-state index contributed by atoms with van der Waals surface area (Å²) in [5, 5.41) is 2.83. The molecule has 1 aromatic carbocycles. The standard InChI is InChI=1S/C16H25N3O3.2ClH/c1-21-12-15(17)16(20)18-9-14-11-19(7-8-22-14)10-13-5-3-2-4-6-13;;/h2-6,14-15H,7-12,17H2,1H3,(H,18,20);2*1H. The van der Waals surface area contributed by atoms with Crippen molar-refractivity contribution in [3.05, 3.63) is 35.9 Å². The van der Waals surface area contributed by atoms with E-state index < -0.39 is 6.04 Å². The van der Waals surface area contributed by atoms with E-state index in [2.05, 4.69) is 22.3 Å². The number of benzene rings is 1. The minimum absolute atomic E-state index is 0. The third-order valence-electron chi connectivity index (χ3n) is 3.66. The number of hydrogen-bond acceptors (Lipinski definition) is 5. The summed E-state index contributed by atoms with van der Waals surface area (Å²) in [6.07, 6.45) is -0.00356. The van der Waals surface area contributed by atoms with Gasteiger partial charge in [0.25, 0.3) is 0 Å². The number of ether oxygens (including phenoxy) is 2. The second-order valence-corrected chi connectivity index (χ2v) is 5.52. The first kappa shape index (κ1) is 23.1. The monoisotopic (exact) mass is 379 g/mol. The van der Waals surface area contributed by atoms with Crippen LogP contribution in [0.2, 0.25) is 0 Å². The first-order valence-corrected chi connectivity index (χ1v) is 7.59. The van der Waals surface area contributed by atoms with Crippen LogP contribution in [0, 0.1) is 0 Å². The quantitative estimate of drug-likeness (QED) is 0.733. The maximum Gasteiger partial charge on any atom is 0.239 e. The first-order chi connectivity index (χ1) is 10.7. The van der Waals surface area contributed by atoms with Gasteiger partial charge in [0.15, 0.2) is 0 Å². The van der Waals surface area contributed by atoms with Crippen molar-refractivity contribution in [2.75, 3.05) is 40.0 Å². The van der Waals surface area contributed by atoms with Crippen LogP contribution in [0.3, 0.4) is 0 Å². The van der Waals surface area contributed by atoms with Crippen LogP contribution < -0.4 is 11.1 Å². The molecule has 1 heterocycles.